The first-order valence-corrected chi connectivity index (χ1v) is 7.07. The monoisotopic (exact) mass is 270 g/mol. The number of benzene rings is 2. The molecule has 0 heterocycles. The first-order chi connectivity index (χ1) is 9.60. The van der Waals surface area contributed by atoms with E-state index in [0.717, 1.165) is 28.9 Å². The van der Waals surface area contributed by atoms with Crippen LogP contribution in [0.5, 0.6) is 5.75 Å². The zero-order chi connectivity index (χ0) is 14.5. The van der Waals surface area contributed by atoms with Crippen LogP contribution in [0.1, 0.15) is 35.3 Å². The molecular weight excluding hydrogens is 248 g/mol. The van der Waals surface area contributed by atoms with E-state index in [-0.39, 0.29) is 6.61 Å². The first kappa shape index (κ1) is 14.6. The third-order valence-corrected chi connectivity index (χ3v) is 3.51. The Kier molecular flexibility index (Phi) is 4.80. The van der Waals surface area contributed by atoms with Gasteiger partial charge in [0.05, 0.1) is 0 Å². The van der Waals surface area contributed by atoms with Gasteiger partial charge in [0.2, 0.25) is 0 Å². The van der Waals surface area contributed by atoms with Gasteiger partial charge in [0.15, 0.2) is 0 Å². The van der Waals surface area contributed by atoms with Gasteiger partial charge in [-0.25, -0.2) is 0 Å². The third-order valence-electron chi connectivity index (χ3n) is 3.51. The quantitative estimate of drug-likeness (QED) is 0.890. The Balaban J connectivity index is 2.04. The smallest absolute Gasteiger partial charge is 0.119 e. The third kappa shape index (κ3) is 3.61. The topological polar surface area (TPSA) is 29.5 Å². The molecule has 2 nitrogen and oxygen atoms in total. The van der Waals surface area contributed by atoms with Crippen LogP contribution in [0.15, 0.2) is 42.5 Å². The summed E-state index contributed by atoms with van der Waals surface area (Å²) in [4.78, 5) is 0. The van der Waals surface area contributed by atoms with Gasteiger partial charge in [-0.15, -0.1) is 0 Å². The standard InChI is InChI=1S/C18H22O2/c1-4-15-6-5-7-16(11-15)20-12-18(19)17-10-13(2)8-9-14(17)3/h5-11,18-19H,4,12H2,1-3H3. The molecular formula is C18H22O2. The molecule has 2 rings (SSSR count). The Bertz CT molecular complexity index is 575. The van der Waals surface area contributed by atoms with E-state index < -0.39 is 6.10 Å². The van der Waals surface area contributed by atoms with E-state index in [1.165, 1.54) is 5.56 Å². The van der Waals surface area contributed by atoms with Crippen LogP contribution in [0.4, 0.5) is 0 Å². The summed E-state index contributed by atoms with van der Waals surface area (Å²) in [6.45, 7) is 6.43. The zero-order valence-corrected chi connectivity index (χ0v) is 12.4. The molecule has 0 aromatic heterocycles. The minimum atomic E-state index is -0.597. The molecule has 106 valence electrons. The molecule has 0 aliphatic carbocycles. The minimum absolute atomic E-state index is 0.275. The molecule has 0 radical (unpaired) electrons. The average molecular weight is 270 g/mol. The lowest BCUT2D eigenvalue weighted by Crippen LogP contribution is -2.11. The average Bonchev–Trinajstić information content (AvgIpc) is 2.47. The second kappa shape index (κ2) is 6.58. The Morgan fingerprint density at radius 1 is 1.10 bits per heavy atom. The van der Waals surface area contributed by atoms with Gasteiger partial charge < -0.3 is 9.84 Å². The molecule has 2 aromatic rings. The number of aliphatic hydroxyl groups is 1. The molecule has 0 aliphatic rings. The van der Waals surface area contributed by atoms with Crippen LogP contribution in [-0.4, -0.2) is 11.7 Å². The molecule has 0 saturated heterocycles. The van der Waals surface area contributed by atoms with Gasteiger partial charge in [-0.3, -0.25) is 0 Å². The van der Waals surface area contributed by atoms with E-state index >= 15 is 0 Å². The highest BCUT2D eigenvalue weighted by molar-refractivity contribution is 5.33. The van der Waals surface area contributed by atoms with Crippen molar-refractivity contribution in [2.24, 2.45) is 0 Å². The number of aryl methyl sites for hydroxylation is 3. The van der Waals surface area contributed by atoms with Crippen LogP contribution in [0.2, 0.25) is 0 Å². The Morgan fingerprint density at radius 3 is 2.65 bits per heavy atom. The molecule has 1 N–H and O–H groups in total. The van der Waals surface area contributed by atoms with Crippen molar-refractivity contribution in [2.45, 2.75) is 33.3 Å². The van der Waals surface area contributed by atoms with Gasteiger partial charge in [0, 0.05) is 0 Å². The Labute approximate surface area is 121 Å². The maximum Gasteiger partial charge on any atom is 0.119 e. The highest BCUT2D eigenvalue weighted by Crippen LogP contribution is 2.21. The molecule has 2 heteroatoms. The van der Waals surface area contributed by atoms with E-state index in [4.69, 9.17) is 4.74 Å². The van der Waals surface area contributed by atoms with Gasteiger partial charge >= 0.3 is 0 Å². The summed E-state index contributed by atoms with van der Waals surface area (Å²) in [5.41, 5.74) is 4.42. The molecule has 0 bridgehead atoms. The van der Waals surface area contributed by atoms with Crippen molar-refractivity contribution in [3.8, 4) is 5.75 Å². The summed E-state index contributed by atoms with van der Waals surface area (Å²) in [6.07, 6.45) is 0.386. The zero-order valence-electron chi connectivity index (χ0n) is 12.4. The molecule has 20 heavy (non-hydrogen) atoms. The van der Waals surface area contributed by atoms with Gasteiger partial charge in [-0.1, -0.05) is 42.8 Å². The molecule has 0 saturated carbocycles. The Morgan fingerprint density at radius 2 is 1.90 bits per heavy atom. The van der Waals surface area contributed by atoms with Gasteiger partial charge in [0.25, 0.3) is 0 Å². The minimum Gasteiger partial charge on any atom is -0.491 e. The lowest BCUT2D eigenvalue weighted by molar-refractivity contribution is 0.107. The maximum atomic E-state index is 10.3. The largest absolute Gasteiger partial charge is 0.491 e. The van der Waals surface area contributed by atoms with E-state index in [0.29, 0.717) is 0 Å². The summed E-state index contributed by atoms with van der Waals surface area (Å²) in [6, 6.07) is 14.1. The number of hydrogen-bond donors (Lipinski definition) is 1. The van der Waals surface area contributed by atoms with E-state index in [9.17, 15) is 5.11 Å². The molecule has 0 aliphatic heterocycles. The fourth-order valence-electron chi connectivity index (χ4n) is 2.24. The van der Waals surface area contributed by atoms with Crippen molar-refractivity contribution in [1.82, 2.24) is 0 Å². The highest BCUT2D eigenvalue weighted by atomic mass is 16.5. The van der Waals surface area contributed by atoms with E-state index in [1.54, 1.807) is 0 Å². The lowest BCUT2D eigenvalue weighted by Gasteiger charge is -2.16. The fraction of sp³-hybridized carbons (Fsp3) is 0.333. The van der Waals surface area contributed by atoms with Crippen LogP contribution >= 0.6 is 0 Å². The number of aliphatic hydroxyl groups excluding tert-OH is 1. The van der Waals surface area contributed by atoms with Gasteiger partial charge in [-0.05, 0) is 49.1 Å². The summed E-state index contributed by atoms with van der Waals surface area (Å²) in [5, 5.41) is 10.3. The SMILES string of the molecule is CCc1cccc(OCC(O)c2cc(C)ccc2C)c1. The fourth-order valence-corrected chi connectivity index (χ4v) is 2.24. The van der Waals surface area contributed by atoms with Crippen molar-refractivity contribution < 1.29 is 9.84 Å². The number of rotatable bonds is 5. The predicted molar refractivity (Wildman–Crippen MR) is 82.2 cm³/mol. The number of ether oxygens (including phenoxy) is 1. The predicted octanol–water partition coefficient (Wildman–Crippen LogP) is 3.98. The first-order valence-electron chi connectivity index (χ1n) is 7.07. The second-order valence-electron chi connectivity index (χ2n) is 5.19. The highest BCUT2D eigenvalue weighted by Gasteiger charge is 2.11. The van der Waals surface area contributed by atoms with Crippen LogP contribution in [0, 0.1) is 13.8 Å². The second-order valence-corrected chi connectivity index (χ2v) is 5.19. The Hall–Kier alpha value is -1.80. The van der Waals surface area contributed by atoms with E-state index in [1.807, 2.05) is 44.2 Å². The summed E-state index contributed by atoms with van der Waals surface area (Å²) in [5.74, 6) is 0.814. The summed E-state index contributed by atoms with van der Waals surface area (Å²) >= 11 is 0. The van der Waals surface area contributed by atoms with E-state index in [2.05, 4.69) is 19.1 Å². The van der Waals surface area contributed by atoms with Crippen molar-refractivity contribution in [2.75, 3.05) is 6.61 Å². The normalized spacial score (nSPS) is 12.2. The van der Waals surface area contributed by atoms with Crippen LogP contribution < -0.4 is 4.74 Å². The van der Waals surface area contributed by atoms with Crippen LogP contribution in [0.25, 0.3) is 0 Å². The van der Waals surface area contributed by atoms with Crippen molar-refractivity contribution in [3.63, 3.8) is 0 Å². The molecule has 1 atom stereocenters. The van der Waals surface area contributed by atoms with Crippen LogP contribution in [-0.2, 0) is 6.42 Å². The summed E-state index contributed by atoms with van der Waals surface area (Å²) in [7, 11) is 0. The van der Waals surface area contributed by atoms with Crippen molar-refractivity contribution >= 4 is 0 Å². The molecule has 2 aromatic carbocycles. The lowest BCUT2D eigenvalue weighted by atomic mass is 10.0. The molecule has 0 amide bonds. The molecule has 1 unspecified atom stereocenters. The number of hydrogen-bond acceptors (Lipinski definition) is 2. The summed E-state index contributed by atoms with van der Waals surface area (Å²) < 4.78 is 5.71. The van der Waals surface area contributed by atoms with Crippen molar-refractivity contribution in [3.05, 3.63) is 64.7 Å². The molecule has 0 spiro atoms. The van der Waals surface area contributed by atoms with Crippen LogP contribution in [0.3, 0.4) is 0 Å². The maximum absolute atomic E-state index is 10.3. The van der Waals surface area contributed by atoms with Crippen molar-refractivity contribution in [1.29, 1.82) is 0 Å². The molecule has 0 fully saturated rings. The van der Waals surface area contributed by atoms with Gasteiger partial charge in [-0.2, -0.15) is 0 Å². The van der Waals surface area contributed by atoms with Gasteiger partial charge in [0.1, 0.15) is 18.5 Å².